The van der Waals surface area contributed by atoms with Gasteiger partial charge in [-0.2, -0.15) is 0 Å². The topological polar surface area (TPSA) is 103 Å². The molecule has 0 spiro atoms. The molecule has 0 saturated heterocycles. The van der Waals surface area contributed by atoms with E-state index in [4.69, 9.17) is 9.93 Å². The molecule has 1 aliphatic heterocycles. The predicted octanol–water partition coefficient (Wildman–Crippen LogP) is 3.26. The van der Waals surface area contributed by atoms with Crippen molar-refractivity contribution in [2.45, 2.75) is 46.2 Å². The van der Waals surface area contributed by atoms with Gasteiger partial charge in [0, 0.05) is 43.4 Å². The van der Waals surface area contributed by atoms with Crippen LogP contribution in [0.3, 0.4) is 0 Å². The maximum absolute atomic E-state index is 13.0. The number of nitrogens with one attached hydrogen (secondary N) is 2. The summed E-state index contributed by atoms with van der Waals surface area (Å²) in [6, 6.07) is 7.40. The fourth-order valence-electron chi connectivity index (χ4n) is 4.01. The molecule has 0 bridgehead atoms. The lowest BCUT2D eigenvalue weighted by atomic mass is 10.0. The van der Waals surface area contributed by atoms with Gasteiger partial charge in [-0.05, 0) is 44.4 Å². The van der Waals surface area contributed by atoms with Gasteiger partial charge in [-0.15, -0.1) is 0 Å². The quantitative estimate of drug-likeness (QED) is 0.697. The number of anilines is 2. The number of nitrogens with zero attached hydrogens (tertiary/aromatic N) is 3. The van der Waals surface area contributed by atoms with E-state index in [1.807, 2.05) is 43.0 Å². The van der Waals surface area contributed by atoms with Crippen molar-refractivity contribution in [3.8, 4) is 0 Å². The van der Waals surface area contributed by atoms with Crippen molar-refractivity contribution in [2.75, 3.05) is 16.3 Å². The Labute approximate surface area is 181 Å². The SMILES string of the molecule is CC(=O)N1c2ccc(/C(C=N)=C/NCc3cc(C)no3)cc2N(C(=O)C2CC2)CC1C. The summed E-state index contributed by atoms with van der Waals surface area (Å²) in [5, 5.41) is 14.9. The molecule has 8 nitrogen and oxygen atoms in total. The van der Waals surface area contributed by atoms with Gasteiger partial charge in [-0.25, -0.2) is 0 Å². The summed E-state index contributed by atoms with van der Waals surface area (Å²) in [5.41, 5.74) is 3.72. The molecule has 1 unspecified atom stereocenters. The van der Waals surface area contributed by atoms with E-state index in [1.165, 1.54) is 6.21 Å². The van der Waals surface area contributed by atoms with Crippen LogP contribution >= 0.6 is 0 Å². The van der Waals surface area contributed by atoms with Crippen LogP contribution in [-0.2, 0) is 16.1 Å². The molecule has 1 aliphatic carbocycles. The molecule has 2 aliphatic rings. The molecule has 162 valence electrons. The number of fused-ring (bicyclic) bond motifs is 1. The average molecular weight is 422 g/mol. The standard InChI is InChI=1S/C23H27N5O3/c1-14-8-20(31-26-14)12-25-11-19(10-24)18-6-7-21-22(9-18)27(23(30)17-4-5-17)13-15(2)28(21)16(3)29/h6-11,15,17,24-25H,4-5,12-13H2,1-3H3/b19-11+,24-10?. The Kier molecular flexibility index (Phi) is 5.63. The number of hydrogen-bond acceptors (Lipinski definition) is 6. The fourth-order valence-corrected chi connectivity index (χ4v) is 4.01. The second-order valence-electron chi connectivity index (χ2n) is 8.22. The summed E-state index contributed by atoms with van der Waals surface area (Å²) in [6.07, 6.45) is 4.85. The molecular formula is C23H27N5O3. The molecule has 8 heteroatoms. The lowest BCUT2D eigenvalue weighted by Crippen LogP contribution is -2.51. The number of carbonyl (C=O) groups excluding carboxylic acids is 2. The minimum atomic E-state index is -0.0941. The van der Waals surface area contributed by atoms with E-state index in [0.717, 1.165) is 35.5 Å². The highest BCUT2D eigenvalue weighted by atomic mass is 16.5. The molecule has 2 heterocycles. The van der Waals surface area contributed by atoms with Gasteiger partial charge in [0.15, 0.2) is 5.76 Å². The number of hydrogen-bond donors (Lipinski definition) is 2. The Hall–Kier alpha value is -3.42. The average Bonchev–Trinajstić information content (AvgIpc) is 3.51. The van der Waals surface area contributed by atoms with Crippen LogP contribution in [0.1, 0.15) is 43.7 Å². The Morgan fingerprint density at radius 3 is 2.68 bits per heavy atom. The van der Waals surface area contributed by atoms with Gasteiger partial charge in [0.05, 0.1) is 29.7 Å². The molecule has 1 aromatic heterocycles. The van der Waals surface area contributed by atoms with Crippen molar-refractivity contribution in [1.29, 1.82) is 5.41 Å². The van der Waals surface area contributed by atoms with Crippen LogP contribution in [0.5, 0.6) is 0 Å². The highest BCUT2D eigenvalue weighted by Gasteiger charge is 2.39. The zero-order chi connectivity index (χ0) is 22.1. The molecule has 1 fully saturated rings. The Bertz CT molecular complexity index is 1050. The summed E-state index contributed by atoms with van der Waals surface area (Å²) in [5.74, 6) is 0.854. The van der Waals surface area contributed by atoms with E-state index < -0.39 is 0 Å². The van der Waals surface area contributed by atoms with E-state index in [-0.39, 0.29) is 23.8 Å². The van der Waals surface area contributed by atoms with Crippen molar-refractivity contribution < 1.29 is 14.1 Å². The van der Waals surface area contributed by atoms with E-state index >= 15 is 0 Å². The first-order valence-electron chi connectivity index (χ1n) is 10.5. The van der Waals surface area contributed by atoms with Crippen molar-refractivity contribution in [3.63, 3.8) is 0 Å². The van der Waals surface area contributed by atoms with Crippen LogP contribution in [-0.4, -0.2) is 35.8 Å². The third kappa shape index (κ3) is 4.23. The van der Waals surface area contributed by atoms with Crippen molar-refractivity contribution >= 4 is 35.0 Å². The molecule has 1 atom stereocenters. The lowest BCUT2D eigenvalue weighted by molar-refractivity contribution is -0.120. The summed E-state index contributed by atoms with van der Waals surface area (Å²) < 4.78 is 5.19. The number of benzene rings is 1. The first-order valence-corrected chi connectivity index (χ1v) is 10.5. The van der Waals surface area contributed by atoms with Crippen LogP contribution < -0.4 is 15.1 Å². The number of rotatable bonds is 6. The molecule has 2 aromatic rings. The number of carbonyl (C=O) groups is 2. The molecule has 1 aromatic carbocycles. The van der Waals surface area contributed by atoms with Crippen molar-refractivity contribution in [1.82, 2.24) is 10.5 Å². The Balaban J connectivity index is 1.65. The first-order chi connectivity index (χ1) is 14.9. The summed E-state index contributed by atoms with van der Waals surface area (Å²) >= 11 is 0. The van der Waals surface area contributed by atoms with E-state index in [2.05, 4.69) is 10.5 Å². The van der Waals surface area contributed by atoms with E-state index in [0.29, 0.717) is 24.4 Å². The maximum atomic E-state index is 13.0. The normalized spacial score (nSPS) is 18.5. The predicted molar refractivity (Wildman–Crippen MR) is 119 cm³/mol. The lowest BCUT2D eigenvalue weighted by Gasteiger charge is -2.41. The van der Waals surface area contributed by atoms with E-state index in [9.17, 15) is 9.59 Å². The second-order valence-corrected chi connectivity index (χ2v) is 8.22. The zero-order valence-electron chi connectivity index (χ0n) is 18.0. The molecule has 1 saturated carbocycles. The monoisotopic (exact) mass is 421 g/mol. The summed E-state index contributed by atoms with van der Waals surface area (Å²) in [6.45, 7) is 6.29. The van der Waals surface area contributed by atoms with Crippen LogP contribution in [0.4, 0.5) is 11.4 Å². The van der Waals surface area contributed by atoms with Gasteiger partial charge in [0.1, 0.15) is 0 Å². The smallest absolute Gasteiger partial charge is 0.230 e. The zero-order valence-corrected chi connectivity index (χ0v) is 18.0. The molecule has 2 amide bonds. The van der Waals surface area contributed by atoms with Crippen LogP contribution in [0.25, 0.3) is 5.57 Å². The number of allylic oxidation sites excluding steroid dienone is 1. The highest BCUT2D eigenvalue weighted by molar-refractivity contribution is 6.10. The van der Waals surface area contributed by atoms with Crippen LogP contribution in [0, 0.1) is 18.3 Å². The van der Waals surface area contributed by atoms with Crippen LogP contribution in [0.15, 0.2) is 35.0 Å². The third-order valence-electron chi connectivity index (χ3n) is 5.64. The number of aromatic nitrogens is 1. The number of amides is 2. The Morgan fingerprint density at radius 1 is 1.29 bits per heavy atom. The molecule has 4 rings (SSSR count). The largest absolute Gasteiger partial charge is 0.383 e. The van der Waals surface area contributed by atoms with Gasteiger partial charge in [-0.3, -0.25) is 9.59 Å². The molecule has 0 radical (unpaired) electrons. The summed E-state index contributed by atoms with van der Waals surface area (Å²) in [7, 11) is 0. The first kappa shape index (κ1) is 20.8. The van der Waals surface area contributed by atoms with Crippen molar-refractivity contribution in [2.24, 2.45) is 5.92 Å². The minimum absolute atomic E-state index is 0.0492. The Morgan fingerprint density at radius 2 is 2.06 bits per heavy atom. The fraction of sp³-hybridized carbons (Fsp3) is 0.391. The van der Waals surface area contributed by atoms with Gasteiger partial charge >= 0.3 is 0 Å². The molecule has 2 N–H and O–H groups in total. The minimum Gasteiger partial charge on any atom is -0.383 e. The summed E-state index contributed by atoms with van der Waals surface area (Å²) in [4.78, 5) is 28.8. The number of aryl methyl sites for hydroxylation is 1. The second kappa shape index (κ2) is 8.37. The highest BCUT2D eigenvalue weighted by Crippen LogP contribution is 2.41. The van der Waals surface area contributed by atoms with E-state index in [1.54, 1.807) is 18.0 Å². The van der Waals surface area contributed by atoms with Crippen molar-refractivity contribution in [3.05, 3.63) is 47.5 Å². The maximum Gasteiger partial charge on any atom is 0.230 e. The van der Waals surface area contributed by atoms with Gasteiger partial charge < -0.3 is 25.0 Å². The van der Waals surface area contributed by atoms with Crippen LogP contribution in [0.2, 0.25) is 0 Å². The van der Waals surface area contributed by atoms with Gasteiger partial charge in [0.2, 0.25) is 11.8 Å². The van der Waals surface area contributed by atoms with Gasteiger partial charge in [0.25, 0.3) is 0 Å². The molecular weight excluding hydrogens is 394 g/mol. The third-order valence-corrected chi connectivity index (χ3v) is 5.64. The molecule has 31 heavy (non-hydrogen) atoms. The van der Waals surface area contributed by atoms with Gasteiger partial charge in [-0.1, -0.05) is 11.2 Å².